The van der Waals surface area contributed by atoms with Gasteiger partial charge in [0, 0.05) is 6.21 Å². The van der Waals surface area contributed by atoms with Crippen LogP contribution in [-0.4, -0.2) is 6.21 Å². The molecule has 1 aromatic carbocycles. The third-order valence-corrected chi connectivity index (χ3v) is 2.23. The Morgan fingerprint density at radius 2 is 2.08 bits per heavy atom. The second kappa shape index (κ2) is 4.80. The average molecular weight is 175 g/mol. The number of hydrogen-bond donors (Lipinski definition) is 0. The van der Waals surface area contributed by atoms with Crippen molar-refractivity contribution in [2.24, 2.45) is 10.9 Å². The third-order valence-electron chi connectivity index (χ3n) is 2.23. The summed E-state index contributed by atoms with van der Waals surface area (Å²) < 4.78 is 0. The summed E-state index contributed by atoms with van der Waals surface area (Å²) in [4.78, 5) is 4.45. The van der Waals surface area contributed by atoms with Crippen molar-refractivity contribution in [1.82, 2.24) is 0 Å². The predicted octanol–water partition coefficient (Wildman–Crippen LogP) is 3.74. The Kier molecular flexibility index (Phi) is 3.69. The van der Waals surface area contributed by atoms with Crippen molar-refractivity contribution >= 4 is 11.9 Å². The molecule has 0 aliphatic carbocycles. The third kappa shape index (κ3) is 3.02. The van der Waals surface area contributed by atoms with Gasteiger partial charge in [0.05, 0.1) is 5.69 Å². The molecule has 1 heteroatoms. The van der Waals surface area contributed by atoms with Gasteiger partial charge in [0.15, 0.2) is 0 Å². The van der Waals surface area contributed by atoms with Crippen LogP contribution in [0.3, 0.4) is 0 Å². The molecule has 1 aromatic rings. The van der Waals surface area contributed by atoms with Crippen molar-refractivity contribution < 1.29 is 0 Å². The molecule has 0 bridgehead atoms. The SMILES string of the molecule is CCC(C)C=Nc1ccccc1C. The highest BCUT2D eigenvalue weighted by Crippen LogP contribution is 2.16. The first-order valence-electron chi connectivity index (χ1n) is 4.84. The van der Waals surface area contributed by atoms with Gasteiger partial charge in [0.25, 0.3) is 0 Å². The standard InChI is InChI=1S/C12H17N/c1-4-10(2)9-13-12-8-6-5-7-11(12)3/h5-10H,4H2,1-3H3. The summed E-state index contributed by atoms with van der Waals surface area (Å²) in [6.07, 6.45) is 3.18. The highest BCUT2D eigenvalue weighted by atomic mass is 14.7. The van der Waals surface area contributed by atoms with Crippen LogP contribution in [-0.2, 0) is 0 Å². The van der Waals surface area contributed by atoms with Crippen LogP contribution in [0.25, 0.3) is 0 Å². The molecule has 0 aliphatic rings. The molecule has 0 fully saturated rings. The van der Waals surface area contributed by atoms with Crippen LogP contribution in [0.5, 0.6) is 0 Å². The minimum atomic E-state index is 0.569. The van der Waals surface area contributed by atoms with Crippen molar-refractivity contribution in [2.75, 3.05) is 0 Å². The normalized spacial score (nSPS) is 13.5. The lowest BCUT2D eigenvalue weighted by Crippen LogP contribution is -1.91. The lowest BCUT2D eigenvalue weighted by atomic mass is 10.1. The molecule has 13 heavy (non-hydrogen) atoms. The van der Waals surface area contributed by atoms with E-state index in [1.165, 1.54) is 5.56 Å². The van der Waals surface area contributed by atoms with E-state index >= 15 is 0 Å². The highest BCUT2D eigenvalue weighted by Gasteiger charge is 1.94. The maximum Gasteiger partial charge on any atom is 0.0654 e. The van der Waals surface area contributed by atoms with E-state index in [9.17, 15) is 0 Å². The number of hydrogen-bond acceptors (Lipinski definition) is 1. The van der Waals surface area contributed by atoms with Crippen LogP contribution in [0.2, 0.25) is 0 Å². The van der Waals surface area contributed by atoms with E-state index in [-0.39, 0.29) is 0 Å². The summed E-state index contributed by atoms with van der Waals surface area (Å²) in [5.41, 5.74) is 2.32. The lowest BCUT2D eigenvalue weighted by Gasteiger charge is -2.01. The Labute approximate surface area is 80.5 Å². The first-order chi connectivity index (χ1) is 6.24. The van der Waals surface area contributed by atoms with Gasteiger partial charge in [0.2, 0.25) is 0 Å². The molecule has 1 atom stereocenters. The number of rotatable bonds is 3. The molecule has 0 amide bonds. The molecule has 0 aromatic heterocycles. The van der Waals surface area contributed by atoms with Crippen molar-refractivity contribution in [3.63, 3.8) is 0 Å². The van der Waals surface area contributed by atoms with Crippen molar-refractivity contribution in [3.05, 3.63) is 29.8 Å². The Hall–Kier alpha value is -1.11. The minimum Gasteiger partial charge on any atom is -0.261 e. The minimum absolute atomic E-state index is 0.569. The monoisotopic (exact) mass is 175 g/mol. The fraction of sp³-hybridized carbons (Fsp3) is 0.417. The number of para-hydroxylation sites is 1. The van der Waals surface area contributed by atoms with Gasteiger partial charge in [0.1, 0.15) is 0 Å². The average Bonchev–Trinajstić information content (AvgIpc) is 2.16. The summed E-state index contributed by atoms with van der Waals surface area (Å²) in [5.74, 6) is 0.569. The van der Waals surface area contributed by atoms with E-state index in [0.717, 1.165) is 12.1 Å². The molecule has 0 aliphatic heterocycles. The summed E-state index contributed by atoms with van der Waals surface area (Å²) in [7, 11) is 0. The predicted molar refractivity (Wildman–Crippen MR) is 58.8 cm³/mol. The van der Waals surface area contributed by atoms with Crippen molar-refractivity contribution in [3.8, 4) is 0 Å². The first kappa shape index (κ1) is 9.97. The summed E-state index contributed by atoms with van der Waals surface area (Å²) in [5, 5.41) is 0. The number of benzene rings is 1. The van der Waals surface area contributed by atoms with Gasteiger partial charge in [-0.25, -0.2) is 0 Å². The van der Waals surface area contributed by atoms with Crippen molar-refractivity contribution in [1.29, 1.82) is 0 Å². The summed E-state index contributed by atoms with van der Waals surface area (Å²) in [6, 6.07) is 8.20. The Morgan fingerprint density at radius 3 is 2.69 bits per heavy atom. The molecule has 0 radical (unpaired) electrons. The lowest BCUT2D eigenvalue weighted by molar-refractivity contribution is 0.754. The fourth-order valence-electron chi connectivity index (χ4n) is 1.02. The molecule has 0 heterocycles. The topological polar surface area (TPSA) is 12.4 Å². The Morgan fingerprint density at radius 1 is 1.38 bits per heavy atom. The van der Waals surface area contributed by atoms with Crippen LogP contribution in [0.1, 0.15) is 25.8 Å². The smallest absolute Gasteiger partial charge is 0.0654 e. The number of nitrogens with zero attached hydrogens (tertiary/aromatic N) is 1. The zero-order chi connectivity index (χ0) is 9.68. The van der Waals surface area contributed by atoms with E-state index in [1.54, 1.807) is 0 Å². The second-order valence-corrected chi connectivity index (χ2v) is 3.45. The van der Waals surface area contributed by atoms with E-state index in [1.807, 2.05) is 24.4 Å². The quantitative estimate of drug-likeness (QED) is 0.620. The van der Waals surface area contributed by atoms with E-state index in [4.69, 9.17) is 0 Å². The molecule has 0 N–H and O–H groups in total. The molecular weight excluding hydrogens is 158 g/mol. The van der Waals surface area contributed by atoms with Crippen LogP contribution in [0.4, 0.5) is 5.69 Å². The van der Waals surface area contributed by atoms with Gasteiger partial charge in [-0.15, -0.1) is 0 Å². The zero-order valence-corrected chi connectivity index (χ0v) is 8.62. The highest BCUT2D eigenvalue weighted by molar-refractivity contribution is 5.66. The van der Waals surface area contributed by atoms with Gasteiger partial charge in [-0.3, -0.25) is 4.99 Å². The fourth-order valence-corrected chi connectivity index (χ4v) is 1.02. The van der Waals surface area contributed by atoms with Crippen LogP contribution < -0.4 is 0 Å². The molecule has 0 spiro atoms. The van der Waals surface area contributed by atoms with Gasteiger partial charge < -0.3 is 0 Å². The Bertz CT molecular complexity index is 289. The first-order valence-corrected chi connectivity index (χ1v) is 4.84. The van der Waals surface area contributed by atoms with E-state index in [2.05, 4.69) is 31.8 Å². The Balaban J connectivity index is 2.74. The van der Waals surface area contributed by atoms with Gasteiger partial charge in [-0.1, -0.05) is 32.0 Å². The second-order valence-electron chi connectivity index (χ2n) is 3.45. The molecule has 0 saturated heterocycles. The summed E-state index contributed by atoms with van der Waals surface area (Å²) in [6.45, 7) is 6.44. The molecule has 1 nitrogen and oxygen atoms in total. The van der Waals surface area contributed by atoms with E-state index in [0.29, 0.717) is 5.92 Å². The van der Waals surface area contributed by atoms with Crippen LogP contribution >= 0.6 is 0 Å². The van der Waals surface area contributed by atoms with Crippen LogP contribution in [0.15, 0.2) is 29.3 Å². The number of aliphatic imine (C=N–C) groups is 1. The maximum absolute atomic E-state index is 4.45. The van der Waals surface area contributed by atoms with Gasteiger partial charge >= 0.3 is 0 Å². The van der Waals surface area contributed by atoms with Gasteiger partial charge in [-0.05, 0) is 30.9 Å². The zero-order valence-electron chi connectivity index (χ0n) is 8.62. The molecule has 70 valence electrons. The molecule has 1 unspecified atom stereocenters. The molecular formula is C12H17N. The maximum atomic E-state index is 4.45. The molecule has 0 saturated carbocycles. The number of aryl methyl sites for hydroxylation is 1. The molecule has 1 rings (SSSR count). The van der Waals surface area contributed by atoms with Gasteiger partial charge in [-0.2, -0.15) is 0 Å². The summed E-state index contributed by atoms with van der Waals surface area (Å²) >= 11 is 0. The van der Waals surface area contributed by atoms with E-state index < -0.39 is 0 Å². The van der Waals surface area contributed by atoms with Crippen LogP contribution in [0, 0.1) is 12.8 Å². The van der Waals surface area contributed by atoms with Crippen molar-refractivity contribution in [2.45, 2.75) is 27.2 Å². The largest absolute Gasteiger partial charge is 0.261 e.